The minimum Gasteiger partial charge on any atom is -0.370 e. The van der Waals surface area contributed by atoms with E-state index < -0.39 is 21.5 Å². The molecule has 100 valence electrons. The third-order valence-electron chi connectivity index (χ3n) is 1.94. The van der Waals surface area contributed by atoms with Crippen molar-refractivity contribution in [2.24, 2.45) is 10.7 Å². The SMILES string of the molecule is CS(=O)(=O)CCN=C(N)Nc1cc(F)ccc1F. The van der Waals surface area contributed by atoms with Crippen LogP contribution in [0.25, 0.3) is 0 Å². The standard InChI is InChI=1S/C10H13F2N3O2S/c1-18(16,17)5-4-14-10(13)15-9-6-7(11)2-3-8(9)12/h2-3,6H,4-5H2,1H3,(H3,13,14,15). The lowest BCUT2D eigenvalue weighted by molar-refractivity contribution is 0.601. The molecular formula is C10H13F2N3O2S. The zero-order valence-corrected chi connectivity index (χ0v) is 10.5. The molecule has 8 heteroatoms. The number of benzene rings is 1. The zero-order chi connectivity index (χ0) is 13.8. The highest BCUT2D eigenvalue weighted by Gasteiger charge is 2.05. The van der Waals surface area contributed by atoms with Gasteiger partial charge in [-0.3, -0.25) is 4.99 Å². The molecule has 1 aromatic carbocycles. The van der Waals surface area contributed by atoms with Crippen LogP contribution in [-0.4, -0.2) is 32.9 Å². The molecule has 0 spiro atoms. The Hall–Kier alpha value is -1.70. The van der Waals surface area contributed by atoms with Crippen molar-refractivity contribution in [2.45, 2.75) is 0 Å². The summed E-state index contributed by atoms with van der Waals surface area (Å²) in [5.41, 5.74) is 5.25. The fourth-order valence-electron chi connectivity index (χ4n) is 1.10. The van der Waals surface area contributed by atoms with Crippen LogP contribution >= 0.6 is 0 Å². The first kappa shape index (κ1) is 14.4. The number of halogens is 2. The lowest BCUT2D eigenvalue weighted by atomic mass is 10.3. The molecule has 1 aromatic rings. The van der Waals surface area contributed by atoms with Gasteiger partial charge < -0.3 is 11.1 Å². The Morgan fingerprint density at radius 3 is 2.72 bits per heavy atom. The Labute approximate surface area is 104 Å². The van der Waals surface area contributed by atoms with E-state index in [0.717, 1.165) is 24.5 Å². The Bertz CT molecular complexity index is 558. The zero-order valence-electron chi connectivity index (χ0n) is 9.65. The van der Waals surface area contributed by atoms with Crippen molar-refractivity contribution in [3.63, 3.8) is 0 Å². The molecule has 0 aliphatic carbocycles. The van der Waals surface area contributed by atoms with E-state index in [4.69, 9.17) is 5.73 Å². The third kappa shape index (κ3) is 5.09. The molecule has 5 nitrogen and oxygen atoms in total. The van der Waals surface area contributed by atoms with Crippen molar-refractivity contribution in [3.8, 4) is 0 Å². The lowest BCUT2D eigenvalue weighted by Gasteiger charge is -2.06. The average Bonchev–Trinajstić information content (AvgIpc) is 2.21. The quantitative estimate of drug-likeness (QED) is 0.628. The Balaban J connectivity index is 2.66. The molecule has 0 aliphatic rings. The van der Waals surface area contributed by atoms with Gasteiger partial charge in [0.25, 0.3) is 0 Å². The lowest BCUT2D eigenvalue weighted by Crippen LogP contribution is -2.24. The van der Waals surface area contributed by atoms with E-state index in [2.05, 4.69) is 10.3 Å². The number of nitrogens with zero attached hydrogens (tertiary/aromatic N) is 1. The highest BCUT2D eigenvalue weighted by Crippen LogP contribution is 2.14. The van der Waals surface area contributed by atoms with Gasteiger partial charge in [0.2, 0.25) is 0 Å². The third-order valence-corrected chi connectivity index (χ3v) is 2.86. The molecule has 0 amide bonds. The number of hydrogen-bond donors (Lipinski definition) is 2. The average molecular weight is 277 g/mol. The molecule has 3 N–H and O–H groups in total. The van der Waals surface area contributed by atoms with Gasteiger partial charge in [-0.2, -0.15) is 0 Å². The number of anilines is 1. The molecule has 0 unspecified atom stereocenters. The minimum atomic E-state index is -3.13. The smallest absolute Gasteiger partial charge is 0.193 e. The van der Waals surface area contributed by atoms with Crippen LogP contribution < -0.4 is 11.1 Å². The first-order valence-electron chi connectivity index (χ1n) is 4.97. The van der Waals surface area contributed by atoms with Crippen LogP contribution in [0.4, 0.5) is 14.5 Å². The van der Waals surface area contributed by atoms with Gasteiger partial charge in [0, 0.05) is 12.3 Å². The highest BCUT2D eigenvalue weighted by molar-refractivity contribution is 7.90. The van der Waals surface area contributed by atoms with Crippen molar-refractivity contribution in [1.82, 2.24) is 0 Å². The minimum absolute atomic E-state index is 0.0470. The van der Waals surface area contributed by atoms with Crippen LogP contribution in [-0.2, 0) is 9.84 Å². The maximum Gasteiger partial charge on any atom is 0.193 e. The number of guanidine groups is 1. The molecule has 0 aliphatic heterocycles. The van der Waals surface area contributed by atoms with Gasteiger partial charge in [0.1, 0.15) is 21.5 Å². The molecule has 0 heterocycles. The summed E-state index contributed by atoms with van der Waals surface area (Å²) in [6, 6.07) is 2.84. The predicted molar refractivity (Wildman–Crippen MR) is 66.2 cm³/mol. The molecule has 1 rings (SSSR count). The molecule has 0 saturated heterocycles. The van der Waals surface area contributed by atoms with E-state index in [9.17, 15) is 17.2 Å². The highest BCUT2D eigenvalue weighted by atomic mass is 32.2. The van der Waals surface area contributed by atoms with E-state index in [1.165, 1.54) is 0 Å². The summed E-state index contributed by atoms with van der Waals surface area (Å²) in [5.74, 6) is -1.65. The number of aliphatic imine (C=N–C) groups is 1. The van der Waals surface area contributed by atoms with Gasteiger partial charge in [-0.1, -0.05) is 0 Å². The summed E-state index contributed by atoms with van der Waals surface area (Å²) in [7, 11) is -3.13. The van der Waals surface area contributed by atoms with Crippen molar-refractivity contribution in [3.05, 3.63) is 29.8 Å². The van der Waals surface area contributed by atoms with Gasteiger partial charge in [-0.05, 0) is 12.1 Å². The fraction of sp³-hybridized carbons (Fsp3) is 0.300. The molecule has 0 radical (unpaired) electrons. The normalized spacial score (nSPS) is 12.5. The molecular weight excluding hydrogens is 264 g/mol. The van der Waals surface area contributed by atoms with Gasteiger partial charge in [0.05, 0.1) is 18.0 Å². The van der Waals surface area contributed by atoms with Gasteiger partial charge >= 0.3 is 0 Å². The Morgan fingerprint density at radius 1 is 1.44 bits per heavy atom. The van der Waals surface area contributed by atoms with Crippen LogP contribution in [0.2, 0.25) is 0 Å². The Kier molecular flexibility index (Phi) is 4.60. The molecule has 0 fully saturated rings. The summed E-state index contributed by atoms with van der Waals surface area (Å²) in [6.07, 6.45) is 1.07. The first-order chi connectivity index (χ1) is 8.28. The van der Waals surface area contributed by atoms with Gasteiger partial charge in [-0.15, -0.1) is 0 Å². The van der Waals surface area contributed by atoms with Crippen molar-refractivity contribution >= 4 is 21.5 Å². The molecule has 0 saturated carbocycles. The first-order valence-corrected chi connectivity index (χ1v) is 7.04. The summed E-state index contributed by atoms with van der Waals surface area (Å²) in [4.78, 5) is 3.69. The maximum atomic E-state index is 13.2. The van der Waals surface area contributed by atoms with Gasteiger partial charge in [-0.25, -0.2) is 17.2 Å². The largest absolute Gasteiger partial charge is 0.370 e. The summed E-state index contributed by atoms with van der Waals surface area (Å²) in [5, 5.41) is 2.36. The maximum absolute atomic E-state index is 13.2. The molecule has 18 heavy (non-hydrogen) atoms. The fourth-order valence-corrected chi connectivity index (χ4v) is 1.53. The second-order valence-electron chi connectivity index (χ2n) is 3.65. The van der Waals surface area contributed by atoms with Crippen LogP contribution in [0.15, 0.2) is 23.2 Å². The second-order valence-corrected chi connectivity index (χ2v) is 5.91. The summed E-state index contributed by atoms with van der Waals surface area (Å²) >= 11 is 0. The topological polar surface area (TPSA) is 84.5 Å². The van der Waals surface area contributed by atoms with E-state index in [-0.39, 0.29) is 23.9 Å². The number of nitrogens with one attached hydrogen (secondary N) is 1. The number of sulfone groups is 1. The van der Waals surface area contributed by atoms with E-state index in [1.807, 2.05) is 0 Å². The van der Waals surface area contributed by atoms with Crippen molar-refractivity contribution in [2.75, 3.05) is 23.9 Å². The van der Waals surface area contributed by atoms with E-state index in [1.54, 1.807) is 0 Å². The van der Waals surface area contributed by atoms with Crippen LogP contribution in [0.3, 0.4) is 0 Å². The predicted octanol–water partition coefficient (Wildman–Crippen LogP) is 0.736. The molecule has 0 aromatic heterocycles. The van der Waals surface area contributed by atoms with Gasteiger partial charge in [0.15, 0.2) is 5.96 Å². The summed E-state index contributed by atoms with van der Waals surface area (Å²) < 4.78 is 47.7. The number of nitrogens with two attached hydrogens (primary N) is 1. The molecule has 0 bridgehead atoms. The summed E-state index contributed by atoms with van der Waals surface area (Å²) in [6.45, 7) is -0.0470. The number of rotatable bonds is 4. The van der Waals surface area contributed by atoms with Crippen molar-refractivity contribution < 1.29 is 17.2 Å². The monoisotopic (exact) mass is 277 g/mol. The van der Waals surface area contributed by atoms with Crippen molar-refractivity contribution in [1.29, 1.82) is 0 Å². The molecule has 0 atom stereocenters. The Morgan fingerprint density at radius 2 is 2.11 bits per heavy atom. The second kappa shape index (κ2) is 5.76. The van der Waals surface area contributed by atoms with Crippen LogP contribution in [0, 0.1) is 11.6 Å². The number of hydrogen-bond acceptors (Lipinski definition) is 3. The van der Waals surface area contributed by atoms with E-state index >= 15 is 0 Å². The van der Waals surface area contributed by atoms with E-state index in [0.29, 0.717) is 0 Å². The van der Waals surface area contributed by atoms with Crippen LogP contribution in [0.1, 0.15) is 0 Å². The van der Waals surface area contributed by atoms with Crippen LogP contribution in [0.5, 0.6) is 0 Å².